The summed E-state index contributed by atoms with van der Waals surface area (Å²) in [5.41, 5.74) is 5.79. The maximum Gasteiger partial charge on any atom is 0.222 e. The van der Waals surface area contributed by atoms with Crippen molar-refractivity contribution >= 4 is 5.91 Å². The maximum atomic E-state index is 11.8. The van der Waals surface area contributed by atoms with Gasteiger partial charge in [0.05, 0.1) is 0 Å². The van der Waals surface area contributed by atoms with Crippen molar-refractivity contribution < 1.29 is 4.79 Å². The van der Waals surface area contributed by atoms with Crippen molar-refractivity contribution in [2.24, 2.45) is 11.7 Å². The molecule has 0 radical (unpaired) electrons. The molecular formula is C11H22N2O. The summed E-state index contributed by atoms with van der Waals surface area (Å²) in [6, 6.07) is 0.308. The molecule has 0 unspecified atom stereocenters. The number of hydrogen-bond donors (Lipinski definition) is 1. The van der Waals surface area contributed by atoms with Crippen LogP contribution in [-0.2, 0) is 4.79 Å². The molecule has 3 nitrogen and oxygen atoms in total. The van der Waals surface area contributed by atoms with E-state index in [9.17, 15) is 4.79 Å². The van der Waals surface area contributed by atoms with Crippen LogP contribution in [0.1, 0.15) is 39.5 Å². The number of hydrogen-bond acceptors (Lipinski definition) is 2. The van der Waals surface area contributed by atoms with Crippen LogP contribution in [0.2, 0.25) is 0 Å². The highest BCUT2D eigenvalue weighted by molar-refractivity contribution is 5.76. The van der Waals surface area contributed by atoms with E-state index < -0.39 is 0 Å². The lowest BCUT2D eigenvalue weighted by Gasteiger charge is -2.30. The summed E-state index contributed by atoms with van der Waals surface area (Å²) in [5, 5.41) is 0. The zero-order valence-corrected chi connectivity index (χ0v) is 9.33. The van der Waals surface area contributed by atoms with Crippen molar-refractivity contribution in [2.45, 2.75) is 45.6 Å². The largest absolute Gasteiger partial charge is 0.343 e. The van der Waals surface area contributed by atoms with Crippen LogP contribution < -0.4 is 5.73 Å². The van der Waals surface area contributed by atoms with Crippen LogP contribution in [0, 0.1) is 5.92 Å². The number of nitrogens with zero attached hydrogens (tertiary/aromatic N) is 1. The van der Waals surface area contributed by atoms with Crippen LogP contribution in [0.4, 0.5) is 0 Å². The topological polar surface area (TPSA) is 46.3 Å². The molecule has 0 aromatic rings. The Labute approximate surface area is 86.6 Å². The summed E-state index contributed by atoms with van der Waals surface area (Å²) < 4.78 is 0. The van der Waals surface area contributed by atoms with Crippen molar-refractivity contribution in [3.8, 4) is 0 Å². The number of likely N-dealkylation sites (tertiary alicyclic amines) is 1. The van der Waals surface area contributed by atoms with E-state index in [1.165, 1.54) is 0 Å². The Hall–Kier alpha value is -0.570. The van der Waals surface area contributed by atoms with E-state index in [-0.39, 0.29) is 0 Å². The van der Waals surface area contributed by atoms with E-state index in [4.69, 9.17) is 5.73 Å². The molecule has 0 spiro atoms. The minimum atomic E-state index is 0.308. The molecule has 0 bridgehead atoms. The first-order chi connectivity index (χ1) is 6.63. The number of carbonyl (C=O) groups is 1. The highest BCUT2D eigenvalue weighted by Crippen LogP contribution is 2.13. The van der Waals surface area contributed by atoms with E-state index in [0.717, 1.165) is 32.4 Å². The summed E-state index contributed by atoms with van der Waals surface area (Å²) in [6.07, 6.45) is 3.71. The molecule has 1 saturated heterocycles. The second-order valence-corrected chi connectivity index (χ2v) is 4.44. The second kappa shape index (κ2) is 5.35. The highest BCUT2D eigenvalue weighted by Gasteiger charge is 2.21. The first-order valence-corrected chi connectivity index (χ1v) is 5.66. The predicted octanol–water partition coefficient (Wildman–Crippen LogP) is 1.37. The lowest BCUT2D eigenvalue weighted by molar-refractivity contribution is -0.133. The molecular weight excluding hydrogens is 176 g/mol. The molecule has 1 aliphatic heterocycles. The van der Waals surface area contributed by atoms with Gasteiger partial charge in [-0.15, -0.1) is 0 Å². The van der Waals surface area contributed by atoms with Gasteiger partial charge in [0, 0.05) is 25.6 Å². The molecule has 1 heterocycles. The van der Waals surface area contributed by atoms with Gasteiger partial charge in [0.15, 0.2) is 0 Å². The molecule has 1 aliphatic rings. The van der Waals surface area contributed by atoms with E-state index in [2.05, 4.69) is 13.8 Å². The summed E-state index contributed by atoms with van der Waals surface area (Å²) in [5.74, 6) is 0.823. The Morgan fingerprint density at radius 3 is 2.57 bits per heavy atom. The molecule has 1 amide bonds. The summed E-state index contributed by atoms with van der Waals surface area (Å²) >= 11 is 0. The van der Waals surface area contributed by atoms with Crippen molar-refractivity contribution in [3.05, 3.63) is 0 Å². The smallest absolute Gasteiger partial charge is 0.222 e. The number of amides is 1. The Kier molecular flexibility index (Phi) is 4.39. The van der Waals surface area contributed by atoms with Crippen LogP contribution >= 0.6 is 0 Å². The Bertz CT molecular complexity index is 186. The molecule has 0 aromatic carbocycles. The fraction of sp³-hybridized carbons (Fsp3) is 0.909. The van der Waals surface area contributed by atoms with Crippen LogP contribution in [-0.4, -0.2) is 29.9 Å². The van der Waals surface area contributed by atoms with Gasteiger partial charge in [-0.3, -0.25) is 4.79 Å². The summed E-state index contributed by atoms with van der Waals surface area (Å²) in [7, 11) is 0. The standard InChI is InChI=1S/C11H22N2O/c1-3-9(2)8-11(14)13-6-4-10(12)5-7-13/h9-10H,3-8,12H2,1-2H3/t9-/m1/s1. The van der Waals surface area contributed by atoms with Gasteiger partial charge in [-0.25, -0.2) is 0 Å². The number of carbonyl (C=O) groups excluding carboxylic acids is 1. The fourth-order valence-electron chi connectivity index (χ4n) is 1.72. The van der Waals surface area contributed by atoms with Gasteiger partial charge in [0.25, 0.3) is 0 Å². The Morgan fingerprint density at radius 1 is 1.50 bits per heavy atom. The van der Waals surface area contributed by atoms with Crippen molar-refractivity contribution in [2.75, 3.05) is 13.1 Å². The maximum absolute atomic E-state index is 11.8. The minimum absolute atomic E-state index is 0.308. The SMILES string of the molecule is CC[C@@H](C)CC(=O)N1CCC(N)CC1. The van der Waals surface area contributed by atoms with Gasteiger partial charge in [-0.2, -0.15) is 0 Å². The van der Waals surface area contributed by atoms with Gasteiger partial charge in [0.2, 0.25) is 5.91 Å². The molecule has 2 N–H and O–H groups in total. The van der Waals surface area contributed by atoms with E-state index in [0.29, 0.717) is 24.3 Å². The normalized spacial score (nSPS) is 20.9. The van der Waals surface area contributed by atoms with Gasteiger partial charge in [0.1, 0.15) is 0 Å². The first-order valence-electron chi connectivity index (χ1n) is 5.66. The zero-order chi connectivity index (χ0) is 10.6. The number of piperidine rings is 1. The molecule has 1 fully saturated rings. The first kappa shape index (κ1) is 11.5. The Balaban J connectivity index is 2.30. The van der Waals surface area contributed by atoms with Crippen LogP contribution in [0.15, 0.2) is 0 Å². The molecule has 1 rings (SSSR count). The lowest BCUT2D eigenvalue weighted by Crippen LogP contribution is -2.43. The monoisotopic (exact) mass is 198 g/mol. The van der Waals surface area contributed by atoms with Gasteiger partial charge < -0.3 is 10.6 Å². The number of rotatable bonds is 3. The van der Waals surface area contributed by atoms with E-state index >= 15 is 0 Å². The van der Waals surface area contributed by atoms with Crippen molar-refractivity contribution in [1.29, 1.82) is 0 Å². The fourth-order valence-corrected chi connectivity index (χ4v) is 1.72. The molecule has 82 valence electrons. The quantitative estimate of drug-likeness (QED) is 0.744. The highest BCUT2D eigenvalue weighted by atomic mass is 16.2. The van der Waals surface area contributed by atoms with Crippen LogP contribution in [0.25, 0.3) is 0 Å². The third kappa shape index (κ3) is 3.29. The minimum Gasteiger partial charge on any atom is -0.343 e. The average molecular weight is 198 g/mol. The van der Waals surface area contributed by atoms with Crippen molar-refractivity contribution in [3.63, 3.8) is 0 Å². The van der Waals surface area contributed by atoms with Crippen LogP contribution in [0.5, 0.6) is 0 Å². The van der Waals surface area contributed by atoms with E-state index in [1.54, 1.807) is 0 Å². The molecule has 3 heteroatoms. The van der Waals surface area contributed by atoms with Crippen molar-refractivity contribution in [1.82, 2.24) is 4.90 Å². The molecule has 0 aliphatic carbocycles. The average Bonchev–Trinajstić information content (AvgIpc) is 2.18. The lowest BCUT2D eigenvalue weighted by atomic mass is 10.0. The summed E-state index contributed by atoms with van der Waals surface area (Å²) in [4.78, 5) is 13.7. The number of nitrogens with two attached hydrogens (primary N) is 1. The predicted molar refractivity (Wildman–Crippen MR) is 57.9 cm³/mol. The third-order valence-electron chi connectivity index (χ3n) is 3.11. The third-order valence-corrected chi connectivity index (χ3v) is 3.11. The Morgan fingerprint density at radius 2 is 2.07 bits per heavy atom. The van der Waals surface area contributed by atoms with E-state index in [1.807, 2.05) is 4.90 Å². The molecule has 0 aromatic heterocycles. The van der Waals surface area contributed by atoms with Gasteiger partial charge in [-0.05, 0) is 18.8 Å². The molecule has 0 saturated carbocycles. The van der Waals surface area contributed by atoms with Gasteiger partial charge in [-0.1, -0.05) is 20.3 Å². The summed E-state index contributed by atoms with van der Waals surface area (Å²) in [6.45, 7) is 5.98. The van der Waals surface area contributed by atoms with Crippen LogP contribution in [0.3, 0.4) is 0 Å². The molecule has 14 heavy (non-hydrogen) atoms. The zero-order valence-electron chi connectivity index (χ0n) is 9.33. The second-order valence-electron chi connectivity index (χ2n) is 4.44. The van der Waals surface area contributed by atoms with Gasteiger partial charge >= 0.3 is 0 Å². The molecule has 1 atom stereocenters.